The second-order valence-corrected chi connectivity index (χ2v) is 9.28. The molecule has 1 fully saturated rings. The lowest BCUT2D eigenvalue weighted by Crippen LogP contribution is -2.48. The minimum atomic E-state index is -3.63. The van der Waals surface area contributed by atoms with Gasteiger partial charge in [0.2, 0.25) is 10.0 Å². The highest BCUT2D eigenvalue weighted by Gasteiger charge is 2.33. The zero-order valence-electron chi connectivity index (χ0n) is 15.4. The number of benzene rings is 1. The van der Waals surface area contributed by atoms with E-state index in [1.165, 1.54) is 27.8 Å². The Morgan fingerprint density at radius 3 is 2.39 bits per heavy atom. The van der Waals surface area contributed by atoms with E-state index in [0.29, 0.717) is 37.6 Å². The fraction of sp³-hybridized carbons (Fsp3) is 0.333. The first kappa shape index (κ1) is 19.0. The molecule has 148 valence electrons. The smallest absolute Gasteiger partial charge is 0.248 e. The first-order valence-corrected chi connectivity index (χ1v) is 11.1. The molecule has 1 aromatic carbocycles. The Morgan fingerprint density at radius 2 is 1.79 bits per heavy atom. The first-order valence-electron chi connectivity index (χ1n) is 8.75. The number of hydrogen-bond acceptors (Lipinski definition) is 7. The Hall–Kier alpha value is -2.30. The number of aromatic nitrogens is 2. The first-order chi connectivity index (χ1) is 13.4. The lowest BCUT2D eigenvalue weighted by Gasteiger charge is -2.33. The van der Waals surface area contributed by atoms with Gasteiger partial charge in [-0.3, -0.25) is 0 Å². The van der Waals surface area contributed by atoms with Gasteiger partial charge in [-0.2, -0.15) is 4.31 Å². The molecule has 1 aliphatic rings. The summed E-state index contributed by atoms with van der Waals surface area (Å²) in [5.41, 5.74) is 2.01. The summed E-state index contributed by atoms with van der Waals surface area (Å²) in [4.78, 5) is 6.86. The van der Waals surface area contributed by atoms with Crippen LogP contribution >= 0.6 is 11.3 Å². The normalized spacial score (nSPS) is 15.9. The van der Waals surface area contributed by atoms with Gasteiger partial charge < -0.3 is 9.42 Å². The number of sulfonamides is 1. The molecule has 1 saturated heterocycles. The number of rotatable bonds is 4. The van der Waals surface area contributed by atoms with Crippen LogP contribution < -0.4 is 4.90 Å². The third-order valence-electron chi connectivity index (χ3n) is 4.71. The lowest BCUT2D eigenvalue weighted by atomic mass is 10.2. The third-order valence-corrected chi connectivity index (χ3v) is 7.75. The van der Waals surface area contributed by atoms with Crippen molar-refractivity contribution in [1.82, 2.24) is 14.4 Å². The molecular weight excluding hydrogens is 403 g/mol. The maximum atomic E-state index is 13.1. The molecule has 28 heavy (non-hydrogen) atoms. The van der Waals surface area contributed by atoms with E-state index in [1.54, 1.807) is 26.0 Å². The Labute approximate surface area is 166 Å². The monoisotopic (exact) mass is 422 g/mol. The molecule has 0 atom stereocenters. The maximum absolute atomic E-state index is 13.1. The summed E-state index contributed by atoms with van der Waals surface area (Å²) in [6.07, 6.45) is 0. The van der Waals surface area contributed by atoms with E-state index >= 15 is 0 Å². The number of piperazine rings is 1. The Balaban J connectivity index is 1.47. The minimum absolute atomic E-state index is 0.161. The summed E-state index contributed by atoms with van der Waals surface area (Å²) < 4.78 is 45.4. The van der Waals surface area contributed by atoms with Crippen LogP contribution in [0.3, 0.4) is 0 Å². The highest BCUT2D eigenvalue weighted by Crippen LogP contribution is 2.30. The van der Waals surface area contributed by atoms with E-state index < -0.39 is 10.0 Å². The van der Waals surface area contributed by atoms with Crippen LogP contribution in [-0.4, -0.2) is 49.0 Å². The van der Waals surface area contributed by atoms with Gasteiger partial charge in [-0.15, -0.1) is 11.3 Å². The molecule has 3 aromatic rings. The molecule has 0 amide bonds. The standard InChI is InChI=1S/C18H19FN4O3S2/c1-12-17(13(2)26-21-12)28(24,25)23-9-7-22(8-10-23)18-20-16(11-27-18)14-3-5-15(19)6-4-14/h3-6,11H,7-10H2,1-2H3. The number of thiazole rings is 1. The van der Waals surface area contributed by atoms with Crippen molar-refractivity contribution in [2.75, 3.05) is 31.1 Å². The summed E-state index contributed by atoms with van der Waals surface area (Å²) in [7, 11) is -3.63. The van der Waals surface area contributed by atoms with Crippen LogP contribution in [0.1, 0.15) is 11.5 Å². The zero-order valence-corrected chi connectivity index (χ0v) is 17.1. The Bertz CT molecular complexity index is 1060. The lowest BCUT2D eigenvalue weighted by molar-refractivity contribution is 0.378. The second kappa shape index (κ2) is 7.26. The van der Waals surface area contributed by atoms with Gasteiger partial charge >= 0.3 is 0 Å². The van der Waals surface area contributed by atoms with Crippen LogP contribution in [0.2, 0.25) is 0 Å². The number of nitrogens with zero attached hydrogens (tertiary/aromatic N) is 4. The molecule has 0 radical (unpaired) electrons. The van der Waals surface area contributed by atoms with Crippen LogP contribution in [0.4, 0.5) is 9.52 Å². The highest BCUT2D eigenvalue weighted by atomic mass is 32.2. The Kier molecular flexibility index (Phi) is 4.94. The molecular formula is C18H19FN4O3S2. The van der Waals surface area contributed by atoms with Crippen molar-refractivity contribution in [2.24, 2.45) is 0 Å². The van der Waals surface area contributed by atoms with Gasteiger partial charge in [0.25, 0.3) is 0 Å². The van der Waals surface area contributed by atoms with E-state index in [9.17, 15) is 12.8 Å². The zero-order chi connectivity index (χ0) is 19.9. The average Bonchev–Trinajstić information content (AvgIpc) is 3.30. The van der Waals surface area contributed by atoms with Gasteiger partial charge in [-0.1, -0.05) is 5.16 Å². The average molecular weight is 423 g/mol. The molecule has 0 saturated carbocycles. The summed E-state index contributed by atoms with van der Waals surface area (Å²) in [5, 5.41) is 6.51. The van der Waals surface area contributed by atoms with Crippen LogP contribution in [0.15, 0.2) is 39.1 Å². The fourth-order valence-corrected chi connectivity index (χ4v) is 5.86. The van der Waals surface area contributed by atoms with Gasteiger partial charge in [0, 0.05) is 37.1 Å². The van der Waals surface area contributed by atoms with Crippen molar-refractivity contribution < 1.29 is 17.3 Å². The molecule has 0 N–H and O–H groups in total. The molecule has 10 heteroatoms. The van der Waals surface area contributed by atoms with Gasteiger partial charge in [0.15, 0.2) is 10.9 Å². The molecule has 2 aromatic heterocycles. The number of anilines is 1. The Morgan fingerprint density at radius 1 is 1.11 bits per heavy atom. The maximum Gasteiger partial charge on any atom is 0.248 e. The number of hydrogen-bond donors (Lipinski definition) is 0. The minimum Gasteiger partial charge on any atom is -0.360 e. The van der Waals surface area contributed by atoms with E-state index in [4.69, 9.17) is 4.52 Å². The molecule has 7 nitrogen and oxygen atoms in total. The topological polar surface area (TPSA) is 79.5 Å². The van der Waals surface area contributed by atoms with E-state index in [0.717, 1.165) is 16.4 Å². The van der Waals surface area contributed by atoms with Crippen molar-refractivity contribution in [2.45, 2.75) is 18.7 Å². The van der Waals surface area contributed by atoms with Gasteiger partial charge in [-0.05, 0) is 38.1 Å². The van der Waals surface area contributed by atoms with Gasteiger partial charge in [-0.25, -0.2) is 17.8 Å². The molecule has 0 aliphatic carbocycles. The number of halogens is 1. The molecule has 0 spiro atoms. The summed E-state index contributed by atoms with van der Waals surface area (Å²) in [5.74, 6) is 0.0265. The van der Waals surface area contributed by atoms with Crippen molar-refractivity contribution in [1.29, 1.82) is 0 Å². The van der Waals surface area contributed by atoms with Crippen LogP contribution in [0.25, 0.3) is 11.3 Å². The number of aryl methyl sites for hydroxylation is 2. The van der Waals surface area contributed by atoms with Crippen LogP contribution in [0.5, 0.6) is 0 Å². The molecule has 3 heterocycles. The predicted molar refractivity (Wildman–Crippen MR) is 104 cm³/mol. The summed E-state index contributed by atoms with van der Waals surface area (Å²) in [6, 6.07) is 6.21. The van der Waals surface area contributed by atoms with E-state index in [1.807, 2.05) is 5.38 Å². The fourth-order valence-electron chi connectivity index (χ4n) is 3.25. The summed E-state index contributed by atoms with van der Waals surface area (Å²) >= 11 is 1.49. The van der Waals surface area contributed by atoms with Crippen molar-refractivity contribution in [3.05, 3.63) is 46.9 Å². The second-order valence-electron chi connectivity index (χ2n) is 6.57. The van der Waals surface area contributed by atoms with Crippen LogP contribution in [0, 0.1) is 19.7 Å². The van der Waals surface area contributed by atoms with Crippen LogP contribution in [-0.2, 0) is 10.0 Å². The van der Waals surface area contributed by atoms with Gasteiger partial charge in [0.1, 0.15) is 16.4 Å². The molecule has 0 bridgehead atoms. The third kappa shape index (κ3) is 3.43. The van der Waals surface area contributed by atoms with Gasteiger partial charge in [0.05, 0.1) is 5.69 Å². The van der Waals surface area contributed by atoms with Crippen molar-refractivity contribution in [3.63, 3.8) is 0 Å². The van der Waals surface area contributed by atoms with Crippen molar-refractivity contribution >= 4 is 26.5 Å². The molecule has 4 rings (SSSR count). The summed E-state index contributed by atoms with van der Waals surface area (Å²) in [6.45, 7) is 5.04. The highest BCUT2D eigenvalue weighted by molar-refractivity contribution is 7.89. The molecule has 1 aliphatic heterocycles. The van der Waals surface area contributed by atoms with Crippen molar-refractivity contribution in [3.8, 4) is 11.3 Å². The largest absolute Gasteiger partial charge is 0.360 e. The van der Waals surface area contributed by atoms with E-state index in [-0.39, 0.29) is 10.7 Å². The molecule has 0 unspecified atom stereocenters. The predicted octanol–water partition coefficient (Wildman–Crippen LogP) is 3.06. The SMILES string of the molecule is Cc1noc(C)c1S(=O)(=O)N1CCN(c2nc(-c3ccc(F)cc3)cs2)CC1. The van der Waals surface area contributed by atoms with E-state index in [2.05, 4.69) is 15.0 Å². The quantitative estimate of drug-likeness (QED) is 0.643.